The maximum absolute atomic E-state index is 12.4. The van der Waals surface area contributed by atoms with Crippen LogP contribution in [0.5, 0.6) is 0 Å². The second-order valence-electron chi connectivity index (χ2n) is 4.39. The normalized spacial score (nSPS) is 11.1. The van der Waals surface area contributed by atoms with Crippen molar-refractivity contribution >= 4 is 37.5 Å². The molecule has 1 aromatic heterocycles. The molecule has 0 bridgehead atoms. The van der Waals surface area contributed by atoms with E-state index in [0.717, 1.165) is 13.0 Å². The highest BCUT2D eigenvalue weighted by atomic mass is 79.9. The lowest BCUT2D eigenvalue weighted by molar-refractivity contribution is 0.601. The summed E-state index contributed by atoms with van der Waals surface area (Å²) in [6.45, 7) is 2.77. The SMILES string of the molecule is CCCNc1cc(S(=O)(=O)Nc2ccccc2Br)ccn1. The molecule has 0 amide bonds. The maximum Gasteiger partial charge on any atom is 0.262 e. The highest BCUT2D eigenvalue weighted by Crippen LogP contribution is 2.24. The minimum absolute atomic E-state index is 0.173. The Morgan fingerprint density at radius 3 is 2.71 bits per heavy atom. The molecule has 0 saturated carbocycles. The van der Waals surface area contributed by atoms with Crippen molar-refractivity contribution in [3.8, 4) is 0 Å². The fourth-order valence-corrected chi connectivity index (χ4v) is 3.28. The van der Waals surface area contributed by atoms with Crippen molar-refractivity contribution in [3.63, 3.8) is 0 Å². The van der Waals surface area contributed by atoms with Crippen LogP contribution < -0.4 is 10.0 Å². The Balaban J connectivity index is 2.25. The van der Waals surface area contributed by atoms with E-state index < -0.39 is 10.0 Å². The molecule has 2 rings (SSSR count). The maximum atomic E-state index is 12.4. The number of anilines is 2. The lowest BCUT2D eigenvalue weighted by atomic mass is 10.3. The van der Waals surface area contributed by atoms with Gasteiger partial charge in [-0.05, 0) is 40.5 Å². The number of benzene rings is 1. The zero-order chi connectivity index (χ0) is 15.3. The highest BCUT2D eigenvalue weighted by Gasteiger charge is 2.16. The standard InChI is InChI=1S/C14H16BrN3O2S/c1-2-8-16-14-10-11(7-9-17-14)21(19,20)18-13-6-4-3-5-12(13)15/h3-7,9-10,18H,2,8H2,1H3,(H,16,17). The van der Waals surface area contributed by atoms with E-state index in [-0.39, 0.29) is 4.90 Å². The van der Waals surface area contributed by atoms with E-state index in [1.165, 1.54) is 18.3 Å². The van der Waals surface area contributed by atoms with Crippen LogP contribution in [0.1, 0.15) is 13.3 Å². The molecule has 2 aromatic rings. The molecule has 0 atom stereocenters. The average Bonchev–Trinajstić information content (AvgIpc) is 2.48. The summed E-state index contributed by atoms with van der Waals surface area (Å²) in [7, 11) is -3.64. The van der Waals surface area contributed by atoms with Gasteiger partial charge in [0.1, 0.15) is 5.82 Å². The summed E-state index contributed by atoms with van der Waals surface area (Å²) in [5.74, 6) is 0.548. The zero-order valence-electron chi connectivity index (χ0n) is 11.5. The van der Waals surface area contributed by atoms with E-state index in [0.29, 0.717) is 16.0 Å². The van der Waals surface area contributed by atoms with Crippen molar-refractivity contribution in [1.29, 1.82) is 0 Å². The number of nitrogens with zero attached hydrogens (tertiary/aromatic N) is 1. The van der Waals surface area contributed by atoms with Crippen LogP contribution in [0.4, 0.5) is 11.5 Å². The van der Waals surface area contributed by atoms with Gasteiger partial charge in [-0.3, -0.25) is 4.72 Å². The van der Waals surface area contributed by atoms with Gasteiger partial charge in [-0.25, -0.2) is 13.4 Å². The summed E-state index contributed by atoms with van der Waals surface area (Å²) in [6, 6.07) is 10.0. The number of hydrogen-bond donors (Lipinski definition) is 2. The third-order valence-corrected chi connectivity index (χ3v) is 4.77. The van der Waals surface area contributed by atoms with E-state index in [4.69, 9.17) is 0 Å². The number of para-hydroxylation sites is 1. The Morgan fingerprint density at radius 2 is 2.00 bits per heavy atom. The summed E-state index contributed by atoms with van der Waals surface area (Å²) < 4.78 is 28.0. The van der Waals surface area contributed by atoms with E-state index in [1.54, 1.807) is 18.2 Å². The van der Waals surface area contributed by atoms with Gasteiger partial charge in [0.25, 0.3) is 10.0 Å². The minimum Gasteiger partial charge on any atom is -0.370 e. The Morgan fingerprint density at radius 1 is 1.24 bits per heavy atom. The molecule has 0 aliphatic heterocycles. The number of hydrogen-bond acceptors (Lipinski definition) is 4. The predicted molar refractivity (Wildman–Crippen MR) is 88.0 cm³/mol. The molecule has 21 heavy (non-hydrogen) atoms. The van der Waals surface area contributed by atoms with Gasteiger partial charge in [-0.15, -0.1) is 0 Å². The minimum atomic E-state index is -3.64. The molecule has 2 N–H and O–H groups in total. The van der Waals surface area contributed by atoms with Crippen molar-refractivity contribution in [2.24, 2.45) is 0 Å². The lowest BCUT2D eigenvalue weighted by Gasteiger charge is -2.11. The molecule has 1 heterocycles. The number of pyridine rings is 1. The third-order valence-electron chi connectivity index (χ3n) is 2.72. The van der Waals surface area contributed by atoms with Crippen molar-refractivity contribution in [3.05, 3.63) is 47.1 Å². The van der Waals surface area contributed by atoms with E-state index in [2.05, 4.69) is 31.0 Å². The van der Waals surface area contributed by atoms with Crippen LogP contribution in [0.2, 0.25) is 0 Å². The molecule has 0 unspecified atom stereocenters. The first kappa shape index (κ1) is 15.8. The van der Waals surface area contributed by atoms with Crippen molar-refractivity contribution in [2.75, 3.05) is 16.6 Å². The zero-order valence-corrected chi connectivity index (χ0v) is 13.9. The Kier molecular flexibility index (Phi) is 5.19. The molecule has 5 nitrogen and oxygen atoms in total. The average molecular weight is 370 g/mol. The van der Waals surface area contributed by atoms with Crippen molar-refractivity contribution in [2.45, 2.75) is 18.2 Å². The lowest BCUT2D eigenvalue weighted by Crippen LogP contribution is -2.14. The Bertz CT molecular complexity index is 720. The smallest absolute Gasteiger partial charge is 0.262 e. The molecule has 0 aliphatic rings. The van der Waals surface area contributed by atoms with E-state index >= 15 is 0 Å². The number of nitrogens with one attached hydrogen (secondary N) is 2. The summed E-state index contributed by atoms with van der Waals surface area (Å²) in [5, 5.41) is 3.07. The summed E-state index contributed by atoms with van der Waals surface area (Å²) in [5.41, 5.74) is 0.498. The number of rotatable bonds is 6. The molecule has 1 aromatic carbocycles. The van der Waals surface area contributed by atoms with Gasteiger partial charge in [0.15, 0.2) is 0 Å². The molecule has 112 valence electrons. The van der Waals surface area contributed by atoms with Crippen molar-refractivity contribution in [1.82, 2.24) is 4.98 Å². The first-order valence-electron chi connectivity index (χ1n) is 6.50. The second-order valence-corrected chi connectivity index (χ2v) is 6.93. The fraction of sp³-hybridized carbons (Fsp3) is 0.214. The van der Waals surface area contributed by atoms with Crippen LogP contribution in [0.3, 0.4) is 0 Å². The molecule has 0 aliphatic carbocycles. The van der Waals surface area contributed by atoms with Gasteiger partial charge in [-0.2, -0.15) is 0 Å². The molecular formula is C14H16BrN3O2S. The van der Waals surface area contributed by atoms with Crippen LogP contribution in [0, 0.1) is 0 Å². The quantitative estimate of drug-likeness (QED) is 0.817. The number of halogens is 1. The second kappa shape index (κ2) is 6.91. The van der Waals surface area contributed by atoms with Gasteiger partial charge in [0, 0.05) is 23.3 Å². The summed E-state index contributed by atoms with van der Waals surface area (Å²) in [4.78, 5) is 4.28. The van der Waals surface area contributed by atoms with Crippen molar-refractivity contribution < 1.29 is 8.42 Å². The van der Waals surface area contributed by atoms with Gasteiger partial charge in [-0.1, -0.05) is 19.1 Å². The largest absolute Gasteiger partial charge is 0.370 e. The van der Waals surface area contributed by atoms with Gasteiger partial charge in [0.05, 0.1) is 10.6 Å². The van der Waals surface area contributed by atoms with E-state index in [1.807, 2.05) is 13.0 Å². The molecule has 0 spiro atoms. The predicted octanol–water partition coefficient (Wildman–Crippen LogP) is 3.47. The van der Waals surface area contributed by atoms with Gasteiger partial charge in [0.2, 0.25) is 0 Å². The molecule has 0 fully saturated rings. The number of sulfonamides is 1. The first-order chi connectivity index (χ1) is 10.0. The first-order valence-corrected chi connectivity index (χ1v) is 8.78. The molecule has 0 radical (unpaired) electrons. The fourth-order valence-electron chi connectivity index (χ4n) is 1.68. The van der Waals surface area contributed by atoms with Gasteiger partial charge >= 0.3 is 0 Å². The van der Waals surface area contributed by atoms with Crippen LogP contribution in [-0.4, -0.2) is 19.9 Å². The summed E-state index contributed by atoms with van der Waals surface area (Å²) in [6.07, 6.45) is 2.42. The molecular weight excluding hydrogens is 354 g/mol. The summed E-state index contributed by atoms with van der Waals surface area (Å²) >= 11 is 3.32. The Hall–Kier alpha value is -1.60. The monoisotopic (exact) mass is 369 g/mol. The Labute approximate surface area is 133 Å². The van der Waals surface area contributed by atoms with Crippen LogP contribution >= 0.6 is 15.9 Å². The third kappa shape index (κ3) is 4.18. The van der Waals surface area contributed by atoms with Crippen LogP contribution in [0.15, 0.2) is 52.0 Å². The topological polar surface area (TPSA) is 71.1 Å². The van der Waals surface area contributed by atoms with Gasteiger partial charge < -0.3 is 5.32 Å². The van der Waals surface area contributed by atoms with E-state index in [9.17, 15) is 8.42 Å². The molecule has 7 heteroatoms. The molecule has 0 saturated heterocycles. The van der Waals surface area contributed by atoms with Crippen LogP contribution in [0.25, 0.3) is 0 Å². The van der Waals surface area contributed by atoms with Crippen LogP contribution in [-0.2, 0) is 10.0 Å². The number of aromatic nitrogens is 1. The highest BCUT2D eigenvalue weighted by molar-refractivity contribution is 9.10.